The van der Waals surface area contributed by atoms with E-state index in [1.165, 1.54) is 41.9 Å². The number of hydrogen-bond donors (Lipinski definition) is 2. The number of carbonyl (C=O) groups is 1. The molecule has 0 saturated carbocycles. The van der Waals surface area contributed by atoms with E-state index >= 15 is 0 Å². The van der Waals surface area contributed by atoms with Gasteiger partial charge in [-0.1, -0.05) is 11.6 Å². The number of amides is 1. The Morgan fingerprint density at radius 2 is 1.94 bits per heavy atom. The fraction of sp³-hybridized carbons (Fsp3) is 0.0952. The highest BCUT2D eigenvalue weighted by Gasteiger charge is 2.19. The van der Waals surface area contributed by atoms with Crippen molar-refractivity contribution in [1.29, 1.82) is 0 Å². The van der Waals surface area contributed by atoms with Crippen LogP contribution in [0.15, 0.2) is 70.2 Å². The van der Waals surface area contributed by atoms with Crippen molar-refractivity contribution in [2.24, 2.45) is 0 Å². The highest BCUT2D eigenvalue weighted by Crippen LogP contribution is 2.37. The molecule has 0 aliphatic heterocycles. The summed E-state index contributed by atoms with van der Waals surface area (Å²) in [5.74, 6) is 0.803. The average Bonchev–Trinajstić information content (AvgIpc) is 3.40. The molecule has 4 aromatic rings. The van der Waals surface area contributed by atoms with Crippen molar-refractivity contribution in [2.45, 2.75) is 11.4 Å². The van der Waals surface area contributed by atoms with Crippen LogP contribution in [0.25, 0.3) is 10.1 Å². The van der Waals surface area contributed by atoms with Gasteiger partial charge in [0.1, 0.15) is 16.4 Å². The number of ether oxygens (including phenoxy) is 1. The molecule has 0 atom stereocenters. The second kappa shape index (κ2) is 8.72. The van der Waals surface area contributed by atoms with E-state index in [9.17, 15) is 13.2 Å². The number of halogens is 1. The molecule has 0 fully saturated rings. The number of furan rings is 1. The number of fused-ring (bicyclic) bond motifs is 1. The van der Waals surface area contributed by atoms with Gasteiger partial charge in [0.15, 0.2) is 0 Å². The van der Waals surface area contributed by atoms with Gasteiger partial charge in [0.25, 0.3) is 5.91 Å². The van der Waals surface area contributed by atoms with Crippen molar-refractivity contribution in [2.75, 3.05) is 12.4 Å². The van der Waals surface area contributed by atoms with Gasteiger partial charge in [0.05, 0.1) is 29.8 Å². The predicted octanol–water partition coefficient (Wildman–Crippen LogP) is 4.89. The van der Waals surface area contributed by atoms with Gasteiger partial charge < -0.3 is 14.5 Å². The summed E-state index contributed by atoms with van der Waals surface area (Å²) in [4.78, 5) is 13.2. The minimum Gasteiger partial charge on any atom is -0.497 e. The Kier molecular flexibility index (Phi) is 6.01. The van der Waals surface area contributed by atoms with Crippen LogP contribution in [-0.4, -0.2) is 21.4 Å². The number of hydrogen-bond acceptors (Lipinski definition) is 6. The van der Waals surface area contributed by atoms with E-state index in [1.54, 1.807) is 31.4 Å². The van der Waals surface area contributed by atoms with Crippen molar-refractivity contribution < 1.29 is 22.4 Å². The summed E-state index contributed by atoms with van der Waals surface area (Å²) in [6, 6.07) is 14.6. The molecule has 7 nitrogen and oxygen atoms in total. The lowest BCUT2D eigenvalue weighted by molar-refractivity contribution is 0.103. The number of methoxy groups -OCH3 is 1. The normalized spacial score (nSPS) is 11.5. The number of rotatable bonds is 7. The van der Waals surface area contributed by atoms with Gasteiger partial charge in [-0.15, -0.1) is 11.3 Å². The molecule has 0 saturated heterocycles. The summed E-state index contributed by atoms with van der Waals surface area (Å²) in [5, 5.41) is 3.88. The average molecular weight is 477 g/mol. The van der Waals surface area contributed by atoms with Crippen LogP contribution in [0.5, 0.6) is 5.75 Å². The SMILES string of the molecule is COc1ccc2c(Cl)c(C(=O)Nc3ccc(S(=O)(=O)NCc4ccco4)cc3)sc2c1. The zero-order chi connectivity index (χ0) is 22.0. The smallest absolute Gasteiger partial charge is 0.267 e. The Morgan fingerprint density at radius 1 is 1.16 bits per heavy atom. The van der Waals surface area contributed by atoms with E-state index < -0.39 is 10.0 Å². The number of nitrogens with one attached hydrogen (secondary N) is 2. The van der Waals surface area contributed by atoms with Crippen LogP contribution in [0.1, 0.15) is 15.4 Å². The van der Waals surface area contributed by atoms with E-state index in [-0.39, 0.29) is 17.3 Å². The first-order valence-corrected chi connectivity index (χ1v) is 11.7. The molecule has 0 aliphatic rings. The fourth-order valence-corrected chi connectivity index (χ4v) is 5.32. The number of anilines is 1. The molecule has 2 heterocycles. The predicted molar refractivity (Wildman–Crippen MR) is 121 cm³/mol. The number of benzene rings is 2. The van der Waals surface area contributed by atoms with E-state index in [2.05, 4.69) is 10.0 Å². The third-order valence-electron chi connectivity index (χ3n) is 4.48. The Balaban J connectivity index is 1.48. The third kappa shape index (κ3) is 4.59. The Morgan fingerprint density at radius 3 is 2.61 bits per heavy atom. The van der Waals surface area contributed by atoms with Gasteiger partial charge in [0, 0.05) is 15.8 Å². The molecular formula is C21H17ClN2O5S2. The van der Waals surface area contributed by atoms with Gasteiger partial charge >= 0.3 is 0 Å². The van der Waals surface area contributed by atoms with E-state index in [0.29, 0.717) is 27.1 Å². The number of carbonyl (C=O) groups excluding carboxylic acids is 1. The molecule has 0 spiro atoms. The molecule has 31 heavy (non-hydrogen) atoms. The van der Waals surface area contributed by atoms with Gasteiger partial charge in [-0.25, -0.2) is 13.1 Å². The van der Waals surface area contributed by atoms with Crippen LogP contribution in [0, 0.1) is 0 Å². The highest BCUT2D eigenvalue weighted by molar-refractivity contribution is 7.89. The molecule has 2 aromatic heterocycles. The first kappa shape index (κ1) is 21.4. The quantitative estimate of drug-likeness (QED) is 0.396. The molecule has 0 aliphatic carbocycles. The van der Waals surface area contributed by atoms with Gasteiger partial charge in [-0.05, 0) is 54.6 Å². The summed E-state index contributed by atoms with van der Waals surface area (Å²) in [7, 11) is -2.15. The maximum atomic E-state index is 12.7. The zero-order valence-corrected chi connectivity index (χ0v) is 18.6. The minimum atomic E-state index is -3.72. The summed E-state index contributed by atoms with van der Waals surface area (Å²) in [6.45, 7) is 0.0447. The molecule has 2 N–H and O–H groups in total. The van der Waals surface area contributed by atoms with E-state index in [0.717, 1.165) is 10.1 Å². The van der Waals surface area contributed by atoms with Crippen LogP contribution < -0.4 is 14.8 Å². The topological polar surface area (TPSA) is 97.6 Å². The Bertz CT molecular complexity index is 1330. The monoisotopic (exact) mass is 476 g/mol. The molecule has 160 valence electrons. The molecular weight excluding hydrogens is 460 g/mol. The number of sulfonamides is 1. The Hall–Kier alpha value is -2.85. The van der Waals surface area contributed by atoms with Crippen LogP contribution in [0.4, 0.5) is 5.69 Å². The van der Waals surface area contributed by atoms with Crippen LogP contribution in [0.3, 0.4) is 0 Å². The summed E-state index contributed by atoms with van der Waals surface area (Å²) in [5.41, 5.74) is 0.445. The van der Waals surface area contributed by atoms with Crippen molar-refractivity contribution in [1.82, 2.24) is 4.72 Å². The third-order valence-corrected chi connectivity index (χ3v) is 7.55. The standard InChI is InChI=1S/C21H17ClN2O5S2/c1-28-14-6-9-17-18(11-14)30-20(19(17)22)21(25)24-13-4-7-16(8-5-13)31(26,27)23-12-15-3-2-10-29-15/h2-11,23H,12H2,1H3,(H,24,25). The van der Waals surface area contributed by atoms with Gasteiger partial charge in [-0.2, -0.15) is 0 Å². The van der Waals surface area contributed by atoms with Crippen molar-refractivity contribution in [3.05, 3.63) is 76.5 Å². The lowest BCUT2D eigenvalue weighted by Crippen LogP contribution is -2.23. The second-order valence-electron chi connectivity index (χ2n) is 6.49. The fourth-order valence-electron chi connectivity index (χ4n) is 2.89. The van der Waals surface area contributed by atoms with Crippen molar-refractivity contribution >= 4 is 54.6 Å². The first-order chi connectivity index (χ1) is 14.9. The first-order valence-electron chi connectivity index (χ1n) is 9.07. The summed E-state index contributed by atoms with van der Waals surface area (Å²) < 4.78 is 38.4. The van der Waals surface area contributed by atoms with Crippen molar-refractivity contribution in [3.63, 3.8) is 0 Å². The molecule has 2 aromatic carbocycles. The van der Waals surface area contributed by atoms with Crippen LogP contribution in [0.2, 0.25) is 5.02 Å². The maximum absolute atomic E-state index is 12.7. The largest absolute Gasteiger partial charge is 0.497 e. The minimum absolute atomic E-state index is 0.0447. The molecule has 10 heteroatoms. The zero-order valence-electron chi connectivity index (χ0n) is 16.2. The van der Waals surface area contributed by atoms with Crippen LogP contribution >= 0.6 is 22.9 Å². The van der Waals surface area contributed by atoms with Crippen molar-refractivity contribution in [3.8, 4) is 5.75 Å². The second-order valence-corrected chi connectivity index (χ2v) is 9.69. The van der Waals surface area contributed by atoms with Gasteiger partial charge in [0.2, 0.25) is 10.0 Å². The molecule has 4 rings (SSSR count). The Labute approximate surface area is 187 Å². The maximum Gasteiger partial charge on any atom is 0.267 e. The molecule has 0 bridgehead atoms. The number of thiophene rings is 1. The molecule has 1 amide bonds. The van der Waals surface area contributed by atoms with Crippen LogP contribution in [-0.2, 0) is 16.6 Å². The lowest BCUT2D eigenvalue weighted by Gasteiger charge is -2.08. The summed E-state index contributed by atoms with van der Waals surface area (Å²) in [6.07, 6.45) is 1.47. The van der Waals surface area contributed by atoms with E-state index in [4.69, 9.17) is 20.8 Å². The molecule has 0 radical (unpaired) electrons. The van der Waals surface area contributed by atoms with Gasteiger partial charge in [-0.3, -0.25) is 4.79 Å². The lowest BCUT2D eigenvalue weighted by atomic mass is 10.2. The van der Waals surface area contributed by atoms with E-state index in [1.807, 2.05) is 6.07 Å². The molecule has 0 unspecified atom stereocenters. The summed E-state index contributed by atoms with van der Waals surface area (Å²) >= 11 is 7.64. The highest BCUT2D eigenvalue weighted by atomic mass is 35.5.